The zero-order valence-electron chi connectivity index (χ0n) is 18.2. The third-order valence-electron chi connectivity index (χ3n) is 5.29. The van der Waals surface area contributed by atoms with Gasteiger partial charge in [-0.1, -0.05) is 12.1 Å². The van der Waals surface area contributed by atoms with Gasteiger partial charge < -0.3 is 30.1 Å². The Balaban J connectivity index is 1.72. The fourth-order valence-corrected chi connectivity index (χ4v) is 3.58. The fraction of sp³-hybridized carbons (Fsp3) is 0.409. The zero-order valence-corrected chi connectivity index (χ0v) is 18.2. The van der Waals surface area contributed by atoms with Crippen LogP contribution in [0, 0.1) is 0 Å². The number of nitrogens with zero attached hydrogens (tertiary/aromatic N) is 3. The molecule has 1 fully saturated rings. The third kappa shape index (κ3) is 5.88. The topological polar surface area (TPSA) is 149 Å². The summed E-state index contributed by atoms with van der Waals surface area (Å²) in [6.07, 6.45) is -0.893. The summed E-state index contributed by atoms with van der Waals surface area (Å²) < 4.78 is 4.97. The van der Waals surface area contributed by atoms with E-state index in [0.29, 0.717) is 10.9 Å². The monoisotopic (exact) mass is 458 g/mol. The fourth-order valence-electron chi connectivity index (χ4n) is 3.58. The van der Waals surface area contributed by atoms with Crippen molar-refractivity contribution in [2.75, 3.05) is 32.8 Å². The summed E-state index contributed by atoms with van der Waals surface area (Å²) in [6, 6.07) is 6.85. The van der Waals surface area contributed by atoms with Gasteiger partial charge in [0.25, 0.3) is 5.91 Å². The lowest BCUT2D eigenvalue weighted by molar-refractivity contribution is -0.138. The van der Waals surface area contributed by atoms with Crippen molar-refractivity contribution in [3.63, 3.8) is 0 Å². The number of aromatic hydroxyl groups is 1. The van der Waals surface area contributed by atoms with Crippen LogP contribution in [-0.4, -0.2) is 87.7 Å². The minimum atomic E-state index is -1.10. The summed E-state index contributed by atoms with van der Waals surface area (Å²) in [5, 5.41) is 22.3. The van der Waals surface area contributed by atoms with Gasteiger partial charge in [0, 0.05) is 44.1 Å². The summed E-state index contributed by atoms with van der Waals surface area (Å²) in [6.45, 7) is 2.95. The van der Waals surface area contributed by atoms with Crippen molar-refractivity contribution in [3.8, 4) is 5.75 Å². The van der Waals surface area contributed by atoms with Crippen molar-refractivity contribution in [2.24, 2.45) is 0 Å². The number of fused-ring (bicyclic) bond motifs is 1. The smallest absolute Gasteiger partial charge is 0.409 e. The number of carboxylic acids is 1. The number of pyridine rings is 1. The molecular weight excluding hydrogens is 432 g/mol. The maximum Gasteiger partial charge on any atom is 0.409 e. The highest BCUT2D eigenvalue weighted by molar-refractivity contribution is 5.99. The van der Waals surface area contributed by atoms with E-state index >= 15 is 0 Å². The van der Waals surface area contributed by atoms with Crippen LogP contribution >= 0.6 is 0 Å². The van der Waals surface area contributed by atoms with Crippen molar-refractivity contribution in [3.05, 3.63) is 36.0 Å². The number of carbonyl (C=O) groups excluding carboxylic acids is 3. The van der Waals surface area contributed by atoms with Crippen LogP contribution in [0.1, 0.15) is 30.3 Å². The molecule has 3 N–H and O–H groups in total. The van der Waals surface area contributed by atoms with E-state index in [9.17, 15) is 24.3 Å². The predicted octanol–water partition coefficient (Wildman–Crippen LogP) is 1.20. The van der Waals surface area contributed by atoms with E-state index in [1.807, 2.05) is 0 Å². The average molecular weight is 458 g/mol. The molecule has 0 spiro atoms. The number of hydrogen-bond donors (Lipinski definition) is 3. The van der Waals surface area contributed by atoms with Crippen molar-refractivity contribution in [1.82, 2.24) is 20.1 Å². The second-order valence-electron chi connectivity index (χ2n) is 7.51. The van der Waals surface area contributed by atoms with Gasteiger partial charge in [-0.25, -0.2) is 9.78 Å². The molecule has 1 aromatic heterocycles. The second kappa shape index (κ2) is 10.6. The van der Waals surface area contributed by atoms with E-state index in [0.717, 1.165) is 0 Å². The number of nitrogens with one attached hydrogen (secondary N) is 1. The molecule has 1 aliphatic heterocycles. The number of piperazine rings is 1. The molecule has 1 saturated heterocycles. The minimum absolute atomic E-state index is 0.0912. The van der Waals surface area contributed by atoms with E-state index in [2.05, 4.69) is 10.3 Å². The Morgan fingerprint density at radius 1 is 1.12 bits per heavy atom. The van der Waals surface area contributed by atoms with Crippen molar-refractivity contribution in [1.29, 1.82) is 0 Å². The molecule has 0 saturated carbocycles. The molecule has 1 aliphatic rings. The molecule has 3 rings (SSSR count). The maximum absolute atomic E-state index is 13.1. The van der Waals surface area contributed by atoms with Crippen LogP contribution in [0.4, 0.5) is 4.79 Å². The number of carbonyl (C=O) groups is 4. The summed E-state index contributed by atoms with van der Waals surface area (Å²) in [4.78, 5) is 56.0. The van der Waals surface area contributed by atoms with Crippen LogP contribution in [0.25, 0.3) is 10.9 Å². The molecule has 176 valence electrons. The zero-order chi connectivity index (χ0) is 24.0. The molecule has 0 radical (unpaired) electrons. The van der Waals surface area contributed by atoms with Gasteiger partial charge in [0.15, 0.2) is 0 Å². The lowest BCUT2D eigenvalue weighted by atomic mass is 10.1. The highest BCUT2D eigenvalue weighted by Crippen LogP contribution is 2.24. The number of carboxylic acid groups (broad SMARTS) is 1. The Morgan fingerprint density at radius 3 is 2.45 bits per heavy atom. The quantitative estimate of drug-likeness (QED) is 0.560. The van der Waals surface area contributed by atoms with Crippen LogP contribution < -0.4 is 5.32 Å². The Labute approximate surface area is 189 Å². The molecule has 2 aromatic rings. The summed E-state index contributed by atoms with van der Waals surface area (Å²) in [5.74, 6) is -2.38. The number of amides is 3. The van der Waals surface area contributed by atoms with Gasteiger partial charge in [0.2, 0.25) is 5.91 Å². The second-order valence-corrected chi connectivity index (χ2v) is 7.51. The Bertz CT molecular complexity index is 1050. The Kier molecular flexibility index (Phi) is 7.65. The highest BCUT2D eigenvalue weighted by Gasteiger charge is 2.31. The summed E-state index contributed by atoms with van der Waals surface area (Å²) in [7, 11) is 0. The molecule has 11 heteroatoms. The number of benzene rings is 1. The molecule has 1 aromatic carbocycles. The Hall–Kier alpha value is -3.89. The van der Waals surface area contributed by atoms with Crippen LogP contribution in [0.3, 0.4) is 0 Å². The van der Waals surface area contributed by atoms with Crippen molar-refractivity contribution in [2.45, 2.75) is 25.8 Å². The third-order valence-corrected chi connectivity index (χ3v) is 5.29. The van der Waals surface area contributed by atoms with Crippen LogP contribution in [-0.2, 0) is 14.3 Å². The number of ether oxygens (including phenoxy) is 1. The van der Waals surface area contributed by atoms with Gasteiger partial charge in [-0.2, -0.15) is 0 Å². The Morgan fingerprint density at radius 2 is 1.79 bits per heavy atom. The number of aromatic nitrogens is 1. The molecule has 2 heterocycles. The minimum Gasteiger partial charge on any atom is -0.507 e. The molecule has 1 unspecified atom stereocenters. The molecular formula is C22H26N4O7. The number of rotatable bonds is 7. The van der Waals surface area contributed by atoms with E-state index in [1.165, 1.54) is 15.9 Å². The van der Waals surface area contributed by atoms with Gasteiger partial charge in [-0.3, -0.25) is 14.4 Å². The first-order valence-corrected chi connectivity index (χ1v) is 10.6. The van der Waals surface area contributed by atoms with Gasteiger partial charge in [0.1, 0.15) is 17.5 Å². The van der Waals surface area contributed by atoms with Crippen molar-refractivity contribution < 1.29 is 34.1 Å². The normalized spacial score (nSPS) is 14.6. The first kappa shape index (κ1) is 23.8. The lowest BCUT2D eigenvalue weighted by Crippen LogP contribution is -2.56. The average Bonchev–Trinajstić information content (AvgIpc) is 2.81. The summed E-state index contributed by atoms with van der Waals surface area (Å²) in [5.41, 5.74) is 0.317. The van der Waals surface area contributed by atoms with Gasteiger partial charge in [-0.05, 0) is 25.5 Å². The van der Waals surface area contributed by atoms with E-state index in [-0.39, 0.29) is 57.1 Å². The van der Waals surface area contributed by atoms with Crippen LogP contribution in [0.5, 0.6) is 5.75 Å². The van der Waals surface area contributed by atoms with Gasteiger partial charge in [-0.15, -0.1) is 0 Å². The molecule has 0 aliphatic carbocycles. The largest absolute Gasteiger partial charge is 0.507 e. The number of para-hydroxylation sites is 1. The number of aliphatic carboxylic acids is 1. The number of hydrogen-bond acceptors (Lipinski definition) is 7. The maximum atomic E-state index is 13.1. The van der Waals surface area contributed by atoms with Crippen LogP contribution in [0.2, 0.25) is 0 Å². The summed E-state index contributed by atoms with van der Waals surface area (Å²) >= 11 is 0. The lowest BCUT2D eigenvalue weighted by Gasteiger charge is -2.35. The standard InChI is InChI=1S/C22H26N4O7/c1-2-33-22(32)26-11-9-25(10-12-26)21(31)16(7-8-19(28)29)24-20(30)17-13-18(27)14-5-3-4-6-15(14)23-17/h3-6,13,16H,2,7-12H2,1H3,(H,23,27)(H,24,30)(H,28,29). The molecule has 1 atom stereocenters. The SMILES string of the molecule is CCOC(=O)N1CCN(C(=O)C(CCC(=O)O)NC(=O)c2cc(O)c3ccccc3n2)CC1. The van der Waals surface area contributed by atoms with Gasteiger partial charge >= 0.3 is 12.1 Å². The van der Waals surface area contributed by atoms with E-state index < -0.39 is 29.9 Å². The first-order chi connectivity index (χ1) is 15.8. The first-order valence-electron chi connectivity index (χ1n) is 10.6. The van der Waals surface area contributed by atoms with Crippen LogP contribution in [0.15, 0.2) is 30.3 Å². The van der Waals surface area contributed by atoms with E-state index in [4.69, 9.17) is 9.84 Å². The highest BCUT2D eigenvalue weighted by atomic mass is 16.6. The van der Waals surface area contributed by atoms with Gasteiger partial charge in [0.05, 0.1) is 12.1 Å². The molecule has 0 bridgehead atoms. The molecule has 11 nitrogen and oxygen atoms in total. The molecule has 33 heavy (non-hydrogen) atoms. The predicted molar refractivity (Wildman–Crippen MR) is 117 cm³/mol. The van der Waals surface area contributed by atoms with E-state index in [1.54, 1.807) is 31.2 Å². The molecule has 3 amide bonds. The van der Waals surface area contributed by atoms with Crippen molar-refractivity contribution >= 4 is 34.8 Å².